The minimum absolute atomic E-state index is 0.0409. The highest BCUT2D eigenvalue weighted by molar-refractivity contribution is 6.47. The van der Waals surface area contributed by atoms with Gasteiger partial charge >= 0.3 is 0 Å². The van der Waals surface area contributed by atoms with Crippen molar-refractivity contribution in [1.82, 2.24) is 10.2 Å². The smallest absolute Gasteiger partial charge is 0.278 e. The number of benzene rings is 2. The summed E-state index contributed by atoms with van der Waals surface area (Å²) in [4.78, 5) is 26.2. The predicted octanol–water partition coefficient (Wildman–Crippen LogP) is 3.40. The molecule has 0 aliphatic carbocycles. The Balaban J connectivity index is 1.69. The first-order valence-corrected chi connectivity index (χ1v) is 8.57. The monoisotopic (exact) mass is 354 g/mol. The van der Waals surface area contributed by atoms with Crippen molar-refractivity contribution in [3.63, 3.8) is 0 Å². The summed E-state index contributed by atoms with van der Waals surface area (Å²) < 4.78 is 0. The lowest BCUT2D eigenvalue weighted by atomic mass is 10.1. The van der Waals surface area contributed by atoms with E-state index in [9.17, 15) is 9.59 Å². The number of nitrogens with one attached hydrogen (secondary N) is 1. The second-order valence-corrected chi connectivity index (χ2v) is 6.34. The van der Waals surface area contributed by atoms with Gasteiger partial charge in [-0.15, -0.1) is 0 Å². The van der Waals surface area contributed by atoms with Crippen LogP contribution in [0.3, 0.4) is 0 Å². The second-order valence-electron chi connectivity index (χ2n) is 5.96. The van der Waals surface area contributed by atoms with Crippen molar-refractivity contribution in [1.29, 1.82) is 0 Å². The van der Waals surface area contributed by atoms with Crippen LogP contribution < -0.4 is 5.32 Å². The summed E-state index contributed by atoms with van der Waals surface area (Å²) in [5.41, 5.74) is 2.26. The molecule has 2 amide bonds. The van der Waals surface area contributed by atoms with Gasteiger partial charge in [0.05, 0.1) is 0 Å². The van der Waals surface area contributed by atoms with E-state index in [2.05, 4.69) is 5.32 Å². The van der Waals surface area contributed by atoms with Gasteiger partial charge in [-0.3, -0.25) is 14.5 Å². The second kappa shape index (κ2) is 7.53. The number of carbonyl (C=O) groups excluding carboxylic acids is 2. The number of halogens is 1. The number of amides is 2. The molecule has 3 rings (SSSR count). The predicted molar refractivity (Wildman–Crippen MR) is 97.7 cm³/mol. The molecule has 0 saturated heterocycles. The molecule has 1 heterocycles. The molecule has 0 radical (unpaired) electrons. The number of carbonyl (C=O) groups is 2. The third-order valence-corrected chi connectivity index (χ3v) is 4.59. The zero-order chi connectivity index (χ0) is 17.8. The fraction of sp³-hybridized carbons (Fsp3) is 0.200. The molecule has 0 aromatic heterocycles. The molecule has 2 aromatic rings. The van der Waals surface area contributed by atoms with Crippen LogP contribution in [0.1, 0.15) is 24.1 Å². The fourth-order valence-electron chi connectivity index (χ4n) is 2.80. The molecule has 4 nitrogen and oxygen atoms in total. The molecular formula is C20H19ClN2O2. The van der Waals surface area contributed by atoms with Crippen LogP contribution in [0.5, 0.6) is 0 Å². The first-order valence-electron chi connectivity index (χ1n) is 8.19. The molecule has 5 heteroatoms. The van der Waals surface area contributed by atoms with Crippen LogP contribution in [0, 0.1) is 0 Å². The first-order chi connectivity index (χ1) is 12.1. The Kier molecular flexibility index (Phi) is 5.19. The van der Waals surface area contributed by atoms with E-state index in [1.165, 1.54) is 4.90 Å². The summed E-state index contributed by atoms with van der Waals surface area (Å²) >= 11 is 6.14. The van der Waals surface area contributed by atoms with Crippen LogP contribution in [-0.2, 0) is 16.0 Å². The molecule has 0 bridgehead atoms. The number of rotatable bonds is 6. The van der Waals surface area contributed by atoms with E-state index in [0.29, 0.717) is 13.0 Å². The van der Waals surface area contributed by atoms with Crippen molar-refractivity contribution in [2.75, 3.05) is 6.54 Å². The van der Waals surface area contributed by atoms with Gasteiger partial charge in [-0.2, -0.15) is 0 Å². The van der Waals surface area contributed by atoms with Gasteiger partial charge in [-0.1, -0.05) is 72.3 Å². The lowest BCUT2D eigenvalue weighted by Crippen LogP contribution is -2.35. The summed E-state index contributed by atoms with van der Waals surface area (Å²) in [5.74, 6) is -0.806. The van der Waals surface area contributed by atoms with Gasteiger partial charge in [0, 0.05) is 12.6 Å². The summed E-state index contributed by atoms with van der Waals surface area (Å²) in [5, 5.41) is 3.05. The Morgan fingerprint density at radius 2 is 1.56 bits per heavy atom. The quantitative estimate of drug-likeness (QED) is 0.809. The van der Waals surface area contributed by atoms with Gasteiger partial charge < -0.3 is 5.32 Å². The third-order valence-electron chi connectivity index (χ3n) is 4.24. The first kappa shape index (κ1) is 17.2. The minimum atomic E-state index is -0.439. The van der Waals surface area contributed by atoms with Gasteiger partial charge in [0.2, 0.25) is 0 Å². The van der Waals surface area contributed by atoms with E-state index in [4.69, 9.17) is 11.6 Å². The number of imide groups is 1. The Bertz CT molecular complexity index is 803. The number of hydrogen-bond donors (Lipinski definition) is 1. The molecule has 1 atom stereocenters. The van der Waals surface area contributed by atoms with Crippen molar-refractivity contribution in [2.45, 2.75) is 19.4 Å². The maximum Gasteiger partial charge on any atom is 0.278 e. The molecule has 128 valence electrons. The molecule has 0 spiro atoms. The summed E-state index contributed by atoms with van der Waals surface area (Å²) in [7, 11) is 0. The van der Waals surface area contributed by atoms with Crippen LogP contribution in [-0.4, -0.2) is 23.3 Å². The standard InChI is InChI=1S/C20H19ClN2O2/c1-14(16-10-6-3-7-11-16)22-18-17(21)19(24)23(20(18)25)13-12-15-8-4-2-5-9-15/h2-11,14,22H,12-13H2,1H3/t14-/m1/s1. The van der Waals surface area contributed by atoms with Crippen LogP contribution >= 0.6 is 11.6 Å². The van der Waals surface area contributed by atoms with E-state index in [1.54, 1.807) is 0 Å². The lowest BCUT2D eigenvalue weighted by molar-refractivity contribution is -0.137. The highest BCUT2D eigenvalue weighted by Crippen LogP contribution is 2.25. The van der Waals surface area contributed by atoms with Gasteiger partial charge in [0.15, 0.2) is 0 Å². The average molecular weight is 355 g/mol. The number of hydrogen-bond acceptors (Lipinski definition) is 3. The van der Waals surface area contributed by atoms with Crippen molar-refractivity contribution in [3.8, 4) is 0 Å². The summed E-state index contributed by atoms with van der Waals surface area (Å²) in [6.07, 6.45) is 0.601. The van der Waals surface area contributed by atoms with E-state index in [1.807, 2.05) is 67.6 Å². The van der Waals surface area contributed by atoms with E-state index >= 15 is 0 Å². The average Bonchev–Trinajstić information content (AvgIpc) is 2.85. The largest absolute Gasteiger partial charge is 0.373 e. The fourth-order valence-corrected chi connectivity index (χ4v) is 3.04. The Morgan fingerprint density at radius 1 is 0.960 bits per heavy atom. The van der Waals surface area contributed by atoms with E-state index in [-0.39, 0.29) is 22.7 Å². The van der Waals surface area contributed by atoms with Crippen LogP contribution in [0.4, 0.5) is 0 Å². The highest BCUT2D eigenvalue weighted by atomic mass is 35.5. The van der Waals surface area contributed by atoms with Gasteiger partial charge in [-0.05, 0) is 24.5 Å². The van der Waals surface area contributed by atoms with Gasteiger partial charge in [-0.25, -0.2) is 0 Å². The lowest BCUT2D eigenvalue weighted by Gasteiger charge is -2.18. The summed E-state index contributed by atoms with van der Waals surface area (Å²) in [6.45, 7) is 2.24. The maximum absolute atomic E-state index is 12.6. The zero-order valence-electron chi connectivity index (χ0n) is 13.9. The molecule has 1 N–H and O–H groups in total. The molecular weight excluding hydrogens is 336 g/mol. The normalized spacial score (nSPS) is 15.7. The number of nitrogens with zero attached hydrogens (tertiary/aromatic N) is 1. The van der Waals surface area contributed by atoms with Gasteiger partial charge in [0.1, 0.15) is 10.7 Å². The van der Waals surface area contributed by atoms with Crippen molar-refractivity contribution in [2.24, 2.45) is 0 Å². The molecule has 0 saturated carbocycles. The van der Waals surface area contributed by atoms with Crippen LogP contribution in [0.25, 0.3) is 0 Å². The molecule has 0 fully saturated rings. The molecule has 1 aliphatic rings. The zero-order valence-corrected chi connectivity index (χ0v) is 14.7. The molecule has 2 aromatic carbocycles. The van der Waals surface area contributed by atoms with Crippen LogP contribution in [0.2, 0.25) is 0 Å². The highest BCUT2D eigenvalue weighted by Gasteiger charge is 2.37. The third kappa shape index (κ3) is 3.74. The minimum Gasteiger partial charge on any atom is -0.373 e. The van der Waals surface area contributed by atoms with Crippen molar-refractivity contribution < 1.29 is 9.59 Å². The molecule has 0 unspecified atom stereocenters. The summed E-state index contributed by atoms with van der Waals surface area (Å²) in [6, 6.07) is 19.3. The van der Waals surface area contributed by atoms with Crippen molar-refractivity contribution >= 4 is 23.4 Å². The van der Waals surface area contributed by atoms with Crippen molar-refractivity contribution in [3.05, 3.63) is 82.5 Å². The van der Waals surface area contributed by atoms with Gasteiger partial charge in [0.25, 0.3) is 11.8 Å². The Labute approximate surface area is 152 Å². The Morgan fingerprint density at radius 3 is 2.20 bits per heavy atom. The van der Waals surface area contributed by atoms with E-state index in [0.717, 1.165) is 11.1 Å². The SMILES string of the molecule is C[C@@H](NC1=C(Cl)C(=O)N(CCc2ccccc2)C1=O)c1ccccc1. The topological polar surface area (TPSA) is 49.4 Å². The maximum atomic E-state index is 12.6. The van der Waals surface area contributed by atoms with Crippen LogP contribution in [0.15, 0.2) is 71.4 Å². The molecule has 1 aliphatic heterocycles. The Hall–Kier alpha value is -2.59. The molecule has 25 heavy (non-hydrogen) atoms. The van der Waals surface area contributed by atoms with E-state index < -0.39 is 5.91 Å².